The van der Waals surface area contributed by atoms with Crippen LogP contribution in [0.15, 0.2) is 138 Å². The summed E-state index contributed by atoms with van der Waals surface area (Å²) < 4.78 is 0. The zero-order valence-electron chi connectivity index (χ0n) is 26.6. The Morgan fingerprint density at radius 1 is 0.723 bits per heavy atom. The first-order valence-electron chi connectivity index (χ1n) is 15.5. The molecule has 0 aliphatic heterocycles. The molecule has 0 saturated carbocycles. The van der Waals surface area contributed by atoms with Crippen molar-refractivity contribution in [2.45, 2.75) is 37.3 Å². The van der Waals surface area contributed by atoms with E-state index in [1.54, 1.807) is 42.5 Å². The number of amides is 3. The van der Waals surface area contributed by atoms with E-state index in [-0.39, 0.29) is 22.8 Å². The summed E-state index contributed by atoms with van der Waals surface area (Å²) in [4.78, 5) is 40.5. The highest BCUT2D eigenvalue weighted by atomic mass is 32.2. The number of benzene rings is 5. The van der Waals surface area contributed by atoms with Gasteiger partial charge in [0.2, 0.25) is 5.91 Å². The van der Waals surface area contributed by atoms with Crippen LogP contribution in [0.1, 0.15) is 40.9 Å². The highest BCUT2D eigenvalue weighted by molar-refractivity contribution is 8.00. The highest BCUT2D eigenvalue weighted by Crippen LogP contribution is 2.28. The second kappa shape index (κ2) is 15.7. The van der Waals surface area contributed by atoms with Crippen LogP contribution in [0, 0.1) is 6.92 Å². The Morgan fingerprint density at radius 2 is 1.36 bits per heavy atom. The van der Waals surface area contributed by atoms with Crippen LogP contribution in [0.2, 0.25) is 0 Å². The molecule has 5 aromatic carbocycles. The lowest BCUT2D eigenvalue weighted by Crippen LogP contribution is -2.30. The van der Waals surface area contributed by atoms with Crippen LogP contribution in [0.5, 0.6) is 0 Å². The molecule has 0 heterocycles. The number of rotatable bonds is 11. The van der Waals surface area contributed by atoms with Crippen molar-refractivity contribution in [1.29, 1.82) is 0 Å². The van der Waals surface area contributed by atoms with Crippen LogP contribution < -0.4 is 16.0 Å². The zero-order chi connectivity index (χ0) is 33.2. The largest absolute Gasteiger partial charge is 0.325 e. The van der Waals surface area contributed by atoms with Crippen molar-refractivity contribution in [2.75, 3.05) is 10.6 Å². The Hall–Kier alpha value is -5.40. The van der Waals surface area contributed by atoms with Gasteiger partial charge in [-0.25, -0.2) is 0 Å². The van der Waals surface area contributed by atoms with Crippen molar-refractivity contribution in [3.63, 3.8) is 0 Å². The molecular weight excluding hydrogens is 603 g/mol. The van der Waals surface area contributed by atoms with Gasteiger partial charge in [-0.2, -0.15) is 0 Å². The van der Waals surface area contributed by atoms with Gasteiger partial charge < -0.3 is 16.0 Å². The number of carbonyl (C=O) groups is 3. The van der Waals surface area contributed by atoms with E-state index in [9.17, 15) is 14.4 Å². The standard InChI is InChI=1S/C40H37N3O3S/c1-4-30-17-11-12-27(2)37(30)43-38(44)28(3)47-35-24-22-34(23-25-35)41-40(46)36(42-39(45)33-15-9-6-10-16-33)26-29-18-20-32(21-19-29)31-13-7-5-8-14-31/h5-26,28H,4H2,1-3H3,(H,41,46)(H,42,45)(H,43,44)/b36-26-. The minimum absolute atomic E-state index is 0.0721. The van der Waals surface area contributed by atoms with Gasteiger partial charge in [0.1, 0.15) is 5.70 Å². The number of thioether (sulfide) groups is 1. The Balaban J connectivity index is 1.28. The summed E-state index contributed by atoms with van der Waals surface area (Å²) in [7, 11) is 0. The average molecular weight is 640 g/mol. The van der Waals surface area contributed by atoms with E-state index >= 15 is 0 Å². The number of anilines is 2. The number of aryl methyl sites for hydroxylation is 2. The normalized spacial score (nSPS) is 11.8. The number of hydrogen-bond donors (Lipinski definition) is 3. The second-order valence-corrected chi connectivity index (χ2v) is 12.5. The lowest BCUT2D eigenvalue weighted by molar-refractivity contribution is -0.115. The van der Waals surface area contributed by atoms with E-state index in [4.69, 9.17) is 0 Å². The van der Waals surface area contributed by atoms with Gasteiger partial charge in [0.05, 0.1) is 5.25 Å². The van der Waals surface area contributed by atoms with Crippen molar-refractivity contribution >= 4 is 46.9 Å². The lowest BCUT2D eigenvalue weighted by atomic mass is 10.0. The van der Waals surface area contributed by atoms with Gasteiger partial charge in [0, 0.05) is 21.8 Å². The fraction of sp³-hybridized carbons (Fsp3) is 0.125. The Morgan fingerprint density at radius 3 is 2.02 bits per heavy atom. The average Bonchev–Trinajstić information content (AvgIpc) is 3.10. The Labute approximate surface area is 280 Å². The van der Waals surface area contributed by atoms with Crippen LogP contribution in [0.4, 0.5) is 11.4 Å². The number of nitrogens with one attached hydrogen (secondary N) is 3. The molecule has 7 heteroatoms. The molecule has 5 rings (SSSR count). The third-order valence-corrected chi connectivity index (χ3v) is 8.75. The summed E-state index contributed by atoms with van der Waals surface area (Å²) in [6.45, 7) is 5.94. The third-order valence-electron chi connectivity index (χ3n) is 7.64. The van der Waals surface area contributed by atoms with Crippen LogP contribution in [0.25, 0.3) is 17.2 Å². The first kappa shape index (κ1) is 33.0. The van der Waals surface area contributed by atoms with Gasteiger partial charge in [-0.1, -0.05) is 97.9 Å². The maximum Gasteiger partial charge on any atom is 0.272 e. The molecule has 3 amide bonds. The van der Waals surface area contributed by atoms with E-state index < -0.39 is 5.91 Å². The number of carbonyl (C=O) groups excluding carboxylic acids is 3. The predicted molar refractivity (Wildman–Crippen MR) is 193 cm³/mol. The molecule has 0 bridgehead atoms. The van der Waals surface area contributed by atoms with Gasteiger partial charge in [0.25, 0.3) is 11.8 Å². The van der Waals surface area contributed by atoms with Gasteiger partial charge in [-0.15, -0.1) is 11.8 Å². The fourth-order valence-electron chi connectivity index (χ4n) is 5.01. The van der Waals surface area contributed by atoms with E-state index in [0.717, 1.165) is 44.8 Å². The summed E-state index contributed by atoms with van der Waals surface area (Å²) >= 11 is 1.44. The molecule has 1 atom stereocenters. The number of para-hydroxylation sites is 1. The van der Waals surface area contributed by atoms with Crippen LogP contribution in [-0.4, -0.2) is 23.0 Å². The van der Waals surface area contributed by atoms with Crippen molar-refractivity contribution in [3.05, 3.63) is 155 Å². The van der Waals surface area contributed by atoms with Crippen molar-refractivity contribution in [3.8, 4) is 11.1 Å². The summed E-state index contributed by atoms with van der Waals surface area (Å²) in [5.41, 5.74) is 7.03. The van der Waals surface area contributed by atoms with E-state index in [0.29, 0.717) is 11.3 Å². The molecule has 0 spiro atoms. The van der Waals surface area contributed by atoms with Crippen LogP contribution in [0.3, 0.4) is 0 Å². The van der Waals surface area contributed by atoms with Gasteiger partial charge in [-0.05, 0) is 90.6 Å². The first-order valence-corrected chi connectivity index (χ1v) is 16.4. The summed E-state index contributed by atoms with van der Waals surface area (Å²) in [5, 5.41) is 8.46. The SMILES string of the molecule is CCc1cccc(C)c1NC(=O)C(C)Sc1ccc(NC(=O)/C(=C/c2ccc(-c3ccccc3)cc2)NC(=O)c2ccccc2)cc1. The molecule has 0 saturated heterocycles. The molecule has 0 aliphatic rings. The molecule has 47 heavy (non-hydrogen) atoms. The molecule has 236 valence electrons. The summed E-state index contributed by atoms with van der Waals surface area (Å²) in [6.07, 6.45) is 2.49. The van der Waals surface area contributed by atoms with Crippen molar-refractivity contribution < 1.29 is 14.4 Å². The first-order chi connectivity index (χ1) is 22.8. The van der Waals surface area contributed by atoms with E-state index in [1.807, 2.05) is 105 Å². The molecule has 6 nitrogen and oxygen atoms in total. The smallest absolute Gasteiger partial charge is 0.272 e. The minimum Gasteiger partial charge on any atom is -0.325 e. The molecule has 5 aromatic rings. The highest BCUT2D eigenvalue weighted by Gasteiger charge is 2.18. The summed E-state index contributed by atoms with van der Waals surface area (Å²) in [6, 6.07) is 39.9. The maximum atomic E-state index is 13.5. The molecule has 3 N–H and O–H groups in total. The van der Waals surface area contributed by atoms with E-state index in [2.05, 4.69) is 22.9 Å². The van der Waals surface area contributed by atoms with E-state index in [1.165, 1.54) is 11.8 Å². The van der Waals surface area contributed by atoms with Gasteiger partial charge >= 0.3 is 0 Å². The Bertz CT molecular complexity index is 1870. The van der Waals surface area contributed by atoms with Crippen molar-refractivity contribution in [1.82, 2.24) is 5.32 Å². The van der Waals surface area contributed by atoms with Crippen molar-refractivity contribution in [2.24, 2.45) is 0 Å². The van der Waals surface area contributed by atoms with Gasteiger partial charge in [0.15, 0.2) is 0 Å². The van der Waals surface area contributed by atoms with Crippen LogP contribution in [-0.2, 0) is 16.0 Å². The number of hydrogen-bond acceptors (Lipinski definition) is 4. The minimum atomic E-state index is -0.459. The summed E-state index contributed by atoms with van der Waals surface area (Å²) in [5.74, 6) is -0.916. The lowest BCUT2D eigenvalue weighted by Gasteiger charge is -2.16. The molecule has 0 fully saturated rings. The fourth-order valence-corrected chi connectivity index (χ4v) is 5.88. The van der Waals surface area contributed by atoms with Crippen LogP contribution >= 0.6 is 11.8 Å². The molecule has 0 aliphatic carbocycles. The predicted octanol–water partition coefficient (Wildman–Crippen LogP) is 8.75. The molecule has 1 unspecified atom stereocenters. The maximum absolute atomic E-state index is 13.5. The Kier molecular flexibility index (Phi) is 11.0. The molecule has 0 radical (unpaired) electrons. The monoisotopic (exact) mass is 639 g/mol. The zero-order valence-corrected chi connectivity index (χ0v) is 27.4. The van der Waals surface area contributed by atoms with Gasteiger partial charge in [-0.3, -0.25) is 14.4 Å². The topological polar surface area (TPSA) is 87.3 Å². The third kappa shape index (κ3) is 8.87. The second-order valence-electron chi connectivity index (χ2n) is 11.1. The quantitative estimate of drug-likeness (QED) is 0.0996. The molecular formula is C40H37N3O3S. The molecule has 0 aromatic heterocycles.